The molecule has 21 heavy (non-hydrogen) atoms. The molecule has 0 amide bonds. The minimum atomic E-state index is -3.48. The highest BCUT2D eigenvalue weighted by Crippen LogP contribution is 2.30. The van der Waals surface area contributed by atoms with E-state index in [9.17, 15) is 8.42 Å². The molecule has 1 aliphatic rings. The summed E-state index contributed by atoms with van der Waals surface area (Å²) < 4.78 is 31.9. The van der Waals surface area contributed by atoms with Gasteiger partial charge in [-0.05, 0) is 30.9 Å². The van der Waals surface area contributed by atoms with Crippen molar-refractivity contribution in [3.8, 4) is 0 Å². The number of sulfonamides is 1. The highest BCUT2D eigenvalue weighted by atomic mass is 35.5. The van der Waals surface area contributed by atoms with Crippen LogP contribution in [0.1, 0.15) is 12.8 Å². The summed E-state index contributed by atoms with van der Waals surface area (Å²) in [6.45, 7) is 0.842. The fourth-order valence-corrected chi connectivity index (χ4v) is 3.24. The van der Waals surface area contributed by atoms with Crippen LogP contribution < -0.4 is 4.72 Å². The second kappa shape index (κ2) is 5.82. The fraction of sp³-hybridized carbons (Fsp3) is 0.462. The van der Waals surface area contributed by atoms with Gasteiger partial charge >= 0.3 is 0 Å². The topological polar surface area (TPSA) is 84.1 Å². The lowest BCUT2D eigenvalue weighted by molar-refractivity contribution is 0.138. The number of rotatable bonds is 7. The maximum Gasteiger partial charge on any atom is 0.235 e. The van der Waals surface area contributed by atoms with Gasteiger partial charge in [-0.15, -0.1) is 0 Å². The molecule has 1 saturated carbocycles. The van der Waals surface area contributed by atoms with E-state index < -0.39 is 10.0 Å². The first-order chi connectivity index (χ1) is 10.1. The molecular weight excluding hydrogens is 314 g/mol. The van der Waals surface area contributed by atoms with Crippen molar-refractivity contribution in [1.29, 1.82) is 0 Å². The summed E-state index contributed by atoms with van der Waals surface area (Å²) in [5.74, 6) is 0.540. The van der Waals surface area contributed by atoms with Gasteiger partial charge in [-0.2, -0.15) is 5.10 Å². The Morgan fingerprint density at radius 3 is 3.00 bits per heavy atom. The molecule has 114 valence electrons. The Morgan fingerprint density at radius 1 is 1.43 bits per heavy atom. The van der Waals surface area contributed by atoms with Gasteiger partial charge in [0.1, 0.15) is 0 Å². The predicted octanol–water partition coefficient (Wildman–Crippen LogP) is 2.38. The molecule has 0 unspecified atom stereocenters. The number of aromatic amines is 1. The minimum Gasteiger partial charge on any atom is -0.380 e. The van der Waals surface area contributed by atoms with Crippen LogP contribution in [0.2, 0.25) is 5.02 Å². The van der Waals surface area contributed by atoms with Crippen molar-refractivity contribution in [3.05, 3.63) is 23.4 Å². The third kappa shape index (κ3) is 3.66. The SMILES string of the molecule is O=S(=O)(CCOCC1CC1)Nc1ccc2[nH]ncc2c1Cl. The van der Waals surface area contributed by atoms with E-state index >= 15 is 0 Å². The maximum atomic E-state index is 12.0. The molecule has 0 saturated heterocycles. The summed E-state index contributed by atoms with van der Waals surface area (Å²) >= 11 is 6.18. The molecule has 6 nitrogen and oxygen atoms in total. The molecule has 2 N–H and O–H groups in total. The standard InChI is InChI=1S/C13H16ClN3O3S/c14-13-10-7-15-16-11(10)3-4-12(13)17-21(18,19)6-5-20-8-9-1-2-9/h3-4,7,9,17H,1-2,5-6,8H2,(H,15,16). The first-order valence-electron chi connectivity index (χ1n) is 6.75. The van der Waals surface area contributed by atoms with Crippen LogP contribution in [0.15, 0.2) is 18.3 Å². The number of nitrogens with one attached hydrogen (secondary N) is 2. The number of aromatic nitrogens is 2. The largest absolute Gasteiger partial charge is 0.380 e. The molecule has 0 bridgehead atoms. The van der Waals surface area contributed by atoms with Gasteiger partial charge in [-0.3, -0.25) is 9.82 Å². The third-order valence-corrected chi connectivity index (χ3v) is 5.01. The third-order valence-electron chi connectivity index (χ3n) is 3.37. The highest BCUT2D eigenvalue weighted by Gasteiger charge is 2.21. The van der Waals surface area contributed by atoms with E-state index in [0.29, 0.717) is 28.6 Å². The normalized spacial score (nSPS) is 15.5. The molecule has 1 heterocycles. The zero-order valence-corrected chi connectivity index (χ0v) is 12.9. The number of nitrogens with zero attached hydrogens (tertiary/aromatic N) is 1. The zero-order valence-electron chi connectivity index (χ0n) is 11.3. The smallest absolute Gasteiger partial charge is 0.235 e. The van der Waals surface area contributed by atoms with Crippen molar-refractivity contribution in [2.24, 2.45) is 5.92 Å². The second-order valence-corrected chi connectivity index (χ2v) is 7.42. The average molecular weight is 330 g/mol. The van der Waals surface area contributed by atoms with E-state index in [1.165, 1.54) is 12.8 Å². The van der Waals surface area contributed by atoms with Crippen LogP contribution in [-0.2, 0) is 14.8 Å². The van der Waals surface area contributed by atoms with Crippen molar-refractivity contribution >= 4 is 38.2 Å². The number of ether oxygens (including phenoxy) is 1. The molecule has 1 aliphatic carbocycles. The van der Waals surface area contributed by atoms with E-state index in [2.05, 4.69) is 14.9 Å². The van der Waals surface area contributed by atoms with Gasteiger partial charge in [0.15, 0.2) is 0 Å². The van der Waals surface area contributed by atoms with Gasteiger partial charge in [0, 0.05) is 12.0 Å². The summed E-state index contributed by atoms with van der Waals surface area (Å²) in [6, 6.07) is 3.35. The van der Waals surface area contributed by atoms with Crippen LogP contribution in [0.5, 0.6) is 0 Å². The van der Waals surface area contributed by atoms with Crippen LogP contribution in [0.25, 0.3) is 10.9 Å². The van der Waals surface area contributed by atoms with Crippen LogP contribution in [-0.4, -0.2) is 37.6 Å². The molecule has 2 aromatic rings. The monoisotopic (exact) mass is 329 g/mol. The molecule has 8 heteroatoms. The number of fused-ring (bicyclic) bond motifs is 1. The van der Waals surface area contributed by atoms with Gasteiger partial charge < -0.3 is 4.74 Å². The Labute approximate surface area is 127 Å². The van der Waals surface area contributed by atoms with Crippen LogP contribution >= 0.6 is 11.6 Å². The lowest BCUT2D eigenvalue weighted by Gasteiger charge is -2.10. The molecule has 0 spiro atoms. The van der Waals surface area contributed by atoms with Crippen molar-refractivity contribution in [2.75, 3.05) is 23.7 Å². The number of hydrogen-bond acceptors (Lipinski definition) is 4. The lowest BCUT2D eigenvalue weighted by Crippen LogP contribution is -2.20. The first-order valence-corrected chi connectivity index (χ1v) is 8.78. The maximum absolute atomic E-state index is 12.0. The number of halogens is 1. The lowest BCUT2D eigenvalue weighted by atomic mass is 10.2. The Hall–Kier alpha value is -1.31. The van der Waals surface area contributed by atoms with E-state index in [0.717, 1.165) is 5.52 Å². The van der Waals surface area contributed by atoms with Crippen molar-refractivity contribution < 1.29 is 13.2 Å². The van der Waals surface area contributed by atoms with Crippen molar-refractivity contribution in [2.45, 2.75) is 12.8 Å². The minimum absolute atomic E-state index is 0.0839. The average Bonchev–Trinajstić information content (AvgIpc) is 3.13. The summed E-state index contributed by atoms with van der Waals surface area (Å²) in [5, 5.41) is 7.67. The quantitative estimate of drug-likeness (QED) is 0.764. The van der Waals surface area contributed by atoms with E-state index in [1.807, 2.05) is 0 Å². The predicted molar refractivity (Wildman–Crippen MR) is 82.1 cm³/mol. The highest BCUT2D eigenvalue weighted by molar-refractivity contribution is 7.92. The number of hydrogen-bond donors (Lipinski definition) is 2. The summed E-state index contributed by atoms with van der Waals surface area (Å²) in [4.78, 5) is 0. The summed E-state index contributed by atoms with van der Waals surface area (Å²) in [6.07, 6.45) is 3.94. The van der Waals surface area contributed by atoms with E-state index in [-0.39, 0.29) is 12.4 Å². The molecule has 0 aliphatic heterocycles. The van der Waals surface area contributed by atoms with Gasteiger partial charge in [0.25, 0.3) is 0 Å². The summed E-state index contributed by atoms with van der Waals surface area (Å²) in [5.41, 5.74) is 1.11. The van der Waals surface area contributed by atoms with Crippen LogP contribution in [0.4, 0.5) is 5.69 Å². The molecule has 0 radical (unpaired) electrons. The second-order valence-electron chi connectivity index (χ2n) is 5.20. The molecule has 1 aromatic heterocycles. The Kier molecular flexibility index (Phi) is 4.05. The zero-order chi connectivity index (χ0) is 14.9. The number of anilines is 1. The number of benzene rings is 1. The van der Waals surface area contributed by atoms with Gasteiger partial charge in [0.2, 0.25) is 10.0 Å². The van der Waals surface area contributed by atoms with E-state index in [4.69, 9.17) is 16.3 Å². The van der Waals surface area contributed by atoms with Gasteiger partial charge in [-0.1, -0.05) is 11.6 Å². The van der Waals surface area contributed by atoms with Crippen molar-refractivity contribution in [3.63, 3.8) is 0 Å². The first kappa shape index (κ1) is 14.6. The van der Waals surface area contributed by atoms with Gasteiger partial charge in [-0.25, -0.2) is 8.42 Å². The Morgan fingerprint density at radius 2 is 2.24 bits per heavy atom. The van der Waals surface area contributed by atoms with Crippen molar-refractivity contribution in [1.82, 2.24) is 10.2 Å². The number of H-pyrrole nitrogens is 1. The van der Waals surface area contributed by atoms with Gasteiger partial charge in [0.05, 0.1) is 34.8 Å². The fourth-order valence-electron chi connectivity index (χ4n) is 1.98. The van der Waals surface area contributed by atoms with Crippen LogP contribution in [0.3, 0.4) is 0 Å². The Balaban J connectivity index is 1.63. The molecule has 3 rings (SSSR count). The summed E-state index contributed by atoms with van der Waals surface area (Å²) in [7, 11) is -3.48. The molecule has 1 fully saturated rings. The molecule has 0 atom stereocenters. The van der Waals surface area contributed by atoms with E-state index in [1.54, 1.807) is 18.3 Å². The molecule has 1 aromatic carbocycles. The Bertz CT molecular complexity index is 740. The molecular formula is C13H16ClN3O3S. The van der Waals surface area contributed by atoms with Crippen LogP contribution in [0, 0.1) is 5.92 Å².